The number of benzene rings is 1. The van der Waals surface area contributed by atoms with E-state index in [2.05, 4.69) is 22.2 Å². The van der Waals surface area contributed by atoms with Crippen molar-refractivity contribution in [2.24, 2.45) is 0 Å². The van der Waals surface area contributed by atoms with Crippen molar-refractivity contribution in [1.82, 2.24) is 14.9 Å². The van der Waals surface area contributed by atoms with Gasteiger partial charge in [-0.3, -0.25) is 14.9 Å². The number of rotatable bonds is 6. The van der Waals surface area contributed by atoms with Crippen LogP contribution < -0.4 is 10.2 Å². The molecule has 2 heterocycles. The summed E-state index contributed by atoms with van der Waals surface area (Å²) < 4.78 is 0. The zero-order valence-electron chi connectivity index (χ0n) is 16.4. The van der Waals surface area contributed by atoms with Gasteiger partial charge in [-0.05, 0) is 37.0 Å². The number of hydrogen-bond acceptors (Lipinski definition) is 7. The van der Waals surface area contributed by atoms with Gasteiger partial charge in [-0.15, -0.1) is 0 Å². The SMILES string of the molecule is CCc1ccc(C(=O)N2CCN(c3ncc([N+](=O)[O-])c(NC4CC4)n3)CC2)cc1. The van der Waals surface area contributed by atoms with Gasteiger partial charge in [0.2, 0.25) is 11.8 Å². The standard InChI is InChI=1S/C20H24N6O3/c1-2-14-3-5-15(6-4-14)19(27)24-9-11-25(12-10-24)20-21-13-17(26(28)29)18(23-20)22-16-7-8-16/h3-6,13,16H,2,7-12H2,1H3,(H,21,22,23). The smallest absolute Gasteiger partial charge is 0.329 e. The van der Waals surface area contributed by atoms with E-state index in [0.717, 1.165) is 19.3 Å². The monoisotopic (exact) mass is 396 g/mol. The minimum absolute atomic E-state index is 0.0213. The largest absolute Gasteiger partial charge is 0.361 e. The van der Waals surface area contributed by atoms with Crippen LogP contribution in [0.3, 0.4) is 0 Å². The first-order chi connectivity index (χ1) is 14.0. The van der Waals surface area contributed by atoms with Gasteiger partial charge < -0.3 is 15.1 Å². The highest BCUT2D eigenvalue weighted by Gasteiger charge is 2.29. The molecular formula is C20H24N6O3. The fourth-order valence-corrected chi connectivity index (χ4v) is 3.35. The van der Waals surface area contributed by atoms with E-state index in [1.807, 2.05) is 34.1 Å². The molecule has 2 fully saturated rings. The van der Waals surface area contributed by atoms with Gasteiger partial charge in [0, 0.05) is 37.8 Å². The van der Waals surface area contributed by atoms with Gasteiger partial charge in [0.15, 0.2) is 0 Å². The first kappa shape index (κ1) is 19.1. The number of nitrogens with one attached hydrogen (secondary N) is 1. The van der Waals surface area contributed by atoms with Gasteiger partial charge in [-0.25, -0.2) is 4.98 Å². The number of nitrogens with zero attached hydrogens (tertiary/aromatic N) is 5. The average Bonchev–Trinajstić information content (AvgIpc) is 3.57. The molecule has 4 rings (SSSR count). The van der Waals surface area contributed by atoms with Gasteiger partial charge in [0.1, 0.15) is 6.20 Å². The molecule has 2 aromatic rings. The Morgan fingerprint density at radius 3 is 2.48 bits per heavy atom. The van der Waals surface area contributed by atoms with E-state index in [1.165, 1.54) is 11.8 Å². The van der Waals surface area contributed by atoms with Crippen molar-refractivity contribution in [2.45, 2.75) is 32.2 Å². The predicted molar refractivity (Wildman–Crippen MR) is 109 cm³/mol. The molecule has 29 heavy (non-hydrogen) atoms. The van der Waals surface area contributed by atoms with E-state index in [-0.39, 0.29) is 23.5 Å². The summed E-state index contributed by atoms with van der Waals surface area (Å²) in [4.78, 5) is 35.9. The second kappa shape index (κ2) is 8.02. The highest BCUT2D eigenvalue weighted by molar-refractivity contribution is 5.94. The molecule has 0 spiro atoms. The number of carbonyl (C=O) groups excluding carboxylic acids is 1. The van der Waals surface area contributed by atoms with Crippen molar-refractivity contribution in [3.05, 3.63) is 51.7 Å². The van der Waals surface area contributed by atoms with E-state index < -0.39 is 4.92 Å². The molecule has 0 unspecified atom stereocenters. The molecule has 0 atom stereocenters. The highest BCUT2D eigenvalue weighted by Crippen LogP contribution is 2.30. The molecule has 1 aromatic heterocycles. The summed E-state index contributed by atoms with van der Waals surface area (Å²) in [5.41, 5.74) is 1.79. The molecule has 1 aromatic carbocycles. The molecule has 0 bridgehead atoms. The first-order valence-corrected chi connectivity index (χ1v) is 9.96. The molecule has 1 aliphatic heterocycles. The van der Waals surface area contributed by atoms with Crippen molar-refractivity contribution in [1.29, 1.82) is 0 Å². The lowest BCUT2D eigenvalue weighted by atomic mass is 10.1. The van der Waals surface area contributed by atoms with Crippen LogP contribution in [0.5, 0.6) is 0 Å². The van der Waals surface area contributed by atoms with Crippen molar-refractivity contribution in [2.75, 3.05) is 36.4 Å². The van der Waals surface area contributed by atoms with E-state index >= 15 is 0 Å². The first-order valence-electron chi connectivity index (χ1n) is 9.96. The van der Waals surface area contributed by atoms with E-state index in [0.29, 0.717) is 37.7 Å². The quantitative estimate of drug-likeness (QED) is 0.591. The number of amides is 1. The van der Waals surface area contributed by atoms with Gasteiger partial charge in [0.05, 0.1) is 4.92 Å². The van der Waals surface area contributed by atoms with E-state index in [1.54, 1.807) is 0 Å². The van der Waals surface area contributed by atoms with Crippen molar-refractivity contribution in [3.8, 4) is 0 Å². The third kappa shape index (κ3) is 4.28. The molecule has 1 saturated heterocycles. The second-order valence-corrected chi connectivity index (χ2v) is 7.41. The average molecular weight is 396 g/mol. The fraction of sp³-hybridized carbons (Fsp3) is 0.450. The van der Waals surface area contributed by atoms with Crippen LogP contribution in [0, 0.1) is 10.1 Å². The maximum Gasteiger partial charge on any atom is 0.329 e. The van der Waals surface area contributed by atoms with Gasteiger partial charge in [-0.2, -0.15) is 4.98 Å². The molecule has 1 N–H and O–H groups in total. The third-order valence-electron chi connectivity index (χ3n) is 5.33. The van der Waals surface area contributed by atoms with Crippen LogP contribution in [0.25, 0.3) is 0 Å². The summed E-state index contributed by atoms with van der Waals surface area (Å²) in [5, 5.41) is 14.4. The number of piperazine rings is 1. The van der Waals surface area contributed by atoms with Gasteiger partial charge >= 0.3 is 5.69 Å². The minimum atomic E-state index is -0.463. The lowest BCUT2D eigenvalue weighted by Gasteiger charge is -2.34. The Bertz CT molecular complexity index is 905. The predicted octanol–water partition coefficient (Wildman–Crippen LogP) is 2.48. The number of nitro groups is 1. The van der Waals surface area contributed by atoms with E-state index in [4.69, 9.17) is 0 Å². The van der Waals surface area contributed by atoms with Crippen LogP contribution in [-0.4, -0.2) is 57.9 Å². The van der Waals surface area contributed by atoms with Crippen LogP contribution in [0.15, 0.2) is 30.5 Å². The number of aromatic nitrogens is 2. The lowest BCUT2D eigenvalue weighted by Crippen LogP contribution is -2.49. The van der Waals surface area contributed by atoms with Crippen molar-refractivity contribution in [3.63, 3.8) is 0 Å². The zero-order valence-corrected chi connectivity index (χ0v) is 16.4. The van der Waals surface area contributed by atoms with Crippen molar-refractivity contribution < 1.29 is 9.72 Å². The van der Waals surface area contributed by atoms with E-state index in [9.17, 15) is 14.9 Å². The Kier molecular flexibility index (Phi) is 5.28. The number of aryl methyl sites for hydroxylation is 1. The summed E-state index contributed by atoms with van der Waals surface area (Å²) in [6, 6.07) is 7.99. The topological polar surface area (TPSA) is 104 Å². The zero-order chi connectivity index (χ0) is 20.4. The lowest BCUT2D eigenvalue weighted by molar-refractivity contribution is -0.384. The Labute approximate surface area is 168 Å². The molecule has 1 aliphatic carbocycles. The van der Waals surface area contributed by atoms with Crippen LogP contribution in [-0.2, 0) is 6.42 Å². The summed E-state index contributed by atoms with van der Waals surface area (Å²) in [5.74, 6) is 0.753. The van der Waals surface area contributed by atoms with Crippen LogP contribution in [0.2, 0.25) is 0 Å². The Morgan fingerprint density at radius 1 is 1.21 bits per heavy atom. The van der Waals surface area contributed by atoms with Crippen LogP contribution in [0.1, 0.15) is 35.7 Å². The number of anilines is 2. The minimum Gasteiger partial charge on any atom is -0.361 e. The summed E-state index contributed by atoms with van der Waals surface area (Å²) in [6.45, 7) is 4.36. The maximum absolute atomic E-state index is 12.7. The molecule has 152 valence electrons. The second-order valence-electron chi connectivity index (χ2n) is 7.41. The normalized spacial score (nSPS) is 16.6. The Morgan fingerprint density at radius 2 is 1.90 bits per heavy atom. The summed E-state index contributed by atoms with van der Waals surface area (Å²) in [6.07, 6.45) is 4.20. The number of hydrogen-bond donors (Lipinski definition) is 1. The fourth-order valence-electron chi connectivity index (χ4n) is 3.35. The summed E-state index contributed by atoms with van der Waals surface area (Å²) in [7, 11) is 0. The molecule has 9 nitrogen and oxygen atoms in total. The summed E-state index contributed by atoms with van der Waals surface area (Å²) >= 11 is 0. The maximum atomic E-state index is 12.7. The van der Waals surface area contributed by atoms with Crippen LogP contribution >= 0.6 is 0 Å². The number of carbonyl (C=O) groups is 1. The molecule has 9 heteroatoms. The third-order valence-corrected chi connectivity index (χ3v) is 5.33. The van der Waals surface area contributed by atoms with Gasteiger partial charge in [-0.1, -0.05) is 19.1 Å². The molecule has 1 amide bonds. The van der Waals surface area contributed by atoms with Crippen LogP contribution in [0.4, 0.5) is 17.5 Å². The Hall–Kier alpha value is -3.23. The molecule has 2 aliphatic rings. The highest BCUT2D eigenvalue weighted by atomic mass is 16.6. The molecule has 0 radical (unpaired) electrons. The van der Waals surface area contributed by atoms with Gasteiger partial charge in [0.25, 0.3) is 5.91 Å². The molecule has 1 saturated carbocycles. The Balaban J connectivity index is 1.42. The van der Waals surface area contributed by atoms with Crippen molar-refractivity contribution >= 4 is 23.4 Å². The molecular weight excluding hydrogens is 372 g/mol.